The van der Waals surface area contributed by atoms with Gasteiger partial charge in [0, 0.05) is 19.3 Å². The van der Waals surface area contributed by atoms with E-state index >= 15 is 0 Å². The standard InChI is InChI=1S/C31H35N3O4/c1-20(2)17-29(32-21(3)35)34-30(36)28(18-22-11-5-4-6-12-22)33-31(37)38-19-27-25-15-9-7-13-23(25)24-14-8-10-16-26(24)27/h4-16,20,27-29H,17-19H2,1-3H3,(H,32,35)(H,33,37)(H,34,36)/t28-,29+/m0/s1. The Kier molecular flexibility index (Phi) is 8.79. The third-order valence-electron chi connectivity index (χ3n) is 6.64. The van der Waals surface area contributed by atoms with Crippen molar-refractivity contribution in [2.45, 2.75) is 51.7 Å². The van der Waals surface area contributed by atoms with Crippen molar-refractivity contribution in [1.29, 1.82) is 0 Å². The van der Waals surface area contributed by atoms with Crippen molar-refractivity contribution in [3.05, 3.63) is 95.6 Å². The summed E-state index contributed by atoms with van der Waals surface area (Å²) in [6, 6.07) is 24.9. The number of benzene rings is 3. The number of alkyl carbamates (subject to hydrolysis) is 1. The highest BCUT2D eigenvalue weighted by Crippen LogP contribution is 2.44. The van der Waals surface area contributed by atoms with Crippen LogP contribution in [0.2, 0.25) is 0 Å². The molecule has 0 fully saturated rings. The van der Waals surface area contributed by atoms with Gasteiger partial charge >= 0.3 is 6.09 Å². The van der Waals surface area contributed by atoms with Gasteiger partial charge in [0.25, 0.3) is 0 Å². The fraction of sp³-hybridized carbons (Fsp3) is 0.323. The minimum atomic E-state index is -0.878. The van der Waals surface area contributed by atoms with Crippen molar-refractivity contribution in [3.63, 3.8) is 0 Å². The van der Waals surface area contributed by atoms with E-state index in [1.807, 2.05) is 68.4 Å². The van der Waals surface area contributed by atoms with Gasteiger partial charge in [0.15, 0.2) is 0 Å². The second kappa shape index (κ2) is 12.4. The molecule has 0 aliphatic heterocycles. The summed E-state index contributed by atoms with van der Waals surface area (Å²) in [6.07, 6.45) is -0.356. The number of ether oxygens (including phenoxy) is 1. The van der Waals surface area contributed by atoms with Crippen molar-refractivity contribution in [1.82, 2.24) is 16.0 Å². The third-order valence-corrected chi connectivity index (χ3v) is 6.64. The summed E-state index contributed by atoms with van der Waals surface area (Å²) in [7, 11) is 0. The van der Waals surface area contributed by atoms with Gasteiger partial charge in [-0.1, -0.05) is 92.7 Å². The predicted octanol–water partition coefficient (Wildman–Crippen LogP) is 4.76. The molecule has 38 heavy (non-hydrogen) atoms. The molecular weight excluding hydrogens is 478 g/mol. The van der Waals surface area contributed by atoms with Gasteiger partial charge in [-0.25, -0.2) is 4.79 Å². The highest BCUT2D eigenvalue weighted by atomic mass is 16.5. The molecular formula is C31H35N3O4. The lowest BCUT2D eigenvalue weighted by molar-refractivity contribution is -0.125. The van der Waals surface area contributed by atoms with Gasteiger partial charge in [0.05, 0.1) is 0 Å². The number of rotatable bonds is 10. The Balaban J connectivity index is 1.46. The smallest absolute Gasteiger partial charge is 0.407 e. The van der Waals surface area contributed by atoms with Gasteiger partial charge in [0.2, 0.25) is 11.8 Å². The summed E-state index contributed by atoms with van der Waals surface area (Å²) in [5, 5.41) is 8.43. The molecule has 7 heteroatoms. The average molecular weight is 514 g/mol. The minimum absolute atomic E-state index is 0.0789. The number of hydrogen-bond acceptors (Lipinski definition) is 4. The first-order valence-corrected chi connectivity index (χ1v) is 13.0. The van der Waals surface area contributed by atoms with Crippen LogP contribution in [0.1, 0.15) is 49.8 Å². The molecule has 3 aromatic carbocycles. The Hall–Kier alpha value is -4.13. The Morgan fingerprint density at radius 2 is 1.37 bits per heavy atom. The second-order valence-electron chi connectivity index (χ2n) is 10.1. The number of carbonyl (C=O) groups is 3. The van der Waals surface area contributed by atoms with Crippen molar-refractivity contribution >= 4 is 17.9 Å². The van der Waals surface area contributed by atoms with E-state index in [9.17, 15) is 14.4 Å². The first-order valence-electron chi connectivity index (χ1n) is 13.0. The molecule has 0 heterocycles. The molecule has 4 rings (SSSR count). The van der Waals surface area contributed by atoms with Gasteiger partial charge in [-0.3, -0.25) is 9.59 Å². The molecule has 3 N–H and O–H groups in total. The van der Waals surface area contributed by atoms with Crippen LogP contribution >= 0.6 is 0 Å². The quantitative estimate of drug-likeness (QED) is 0.341. The van der Waals surface area contributed by atoms with E-state index in [1.54, 1.807) is 0 Å². The maximum Gasteiger partial charge on any atom is 0.407 e. The summed E-state index contributed by atoms with van der Waals surface area (Å²) in [5.41, 5.74) is 5.42. The normalized spacial score (nSPS) is 13.7. The second-order valence-corrected chi connectivity index (χ2v) is 10.1. The molecule has 2 atom stereocenters. The molecule has 198 valence electrons. The van der Waals surface area contributed by atoms with Crippen LogP contribution in [0.15, 0.2) is 78.9 Å². The molecule has 1 aliphatic rings. The summed E-state index contributed by atoms with van der Waals surface area (Å²) >= 11 is 0. The van der Waals surface area contributed by atoms with Crippen LogP contribution in [-0.2, 0) is 20.7 Å². The summed E-state index contributed by atoms with van der Waals surface area (Å²) in [4.78, 5) is 38.0. The lowest BCUT2D eigenvalue weighted by Gasteiger charge is -2.25. The van der Waals surface area contributed by atoms with Crippen molar-refractivity contribution < 1.29 is 19.1 Å². The Morgan fingerprint density at radius 1 is 0.789 bits per heavy atom. The molecule has 7 nitrogen and oxygen atoms in total. The number of amides is 3. The van der Waals surface area contributed by atoms with E-state index in [0.29, 0.717) is 6.42 Å². The fourth-order valence-corrected chi connectivity index (χ4v) is 4.98. The Labute approximate surface area is 224 Å². The summed E-state index contributed by atoms with van der Waals surface area (Å²) < 4.78 is 5.69. The van der Waals surface area contributed by atoms with E-state index in [2.05, 4.69) is 40.2 Å². The number of nitrogens with one attached hydrogen (secondary N) is 3. The number of carbonyl (C=O) groups excluding carboxylic acids is 3. The van der Waals surface area contributed by atoms with Crippen LogP contribution in [0.4, 0.5) is 4.79 Å². The molecule has 1 aliphatic carbocycles. The largest absolute Gasteiger partial charge is 0.449 e. The van der Waals surface area contributed by atoms with Gasteiger partial charge in [-0.05, 0) is 40.2 Å². The monoisotopic (exact) mass is 513 g/mol. The van der Waals surface area contributed by atoms with E-state index in [-0.39, 0.29) is 36.7 Å². The van der Waals surface area contributed by atoms with E-state index in [0.717, 1.165) is 27.8 Å². The van der Waals surface area contributed by atoms with Crippen LogP contribution < -0.4 is 16.0 Å². The number of fused-ring (bicyclic) bond motifs is 3. The van der Waals surface area contributed by atoms with Gasteiger partial charge in [-0.15, -0.1) is 0 Å². The van der Waals surface area contributed by atoms with Crippen LogP contribution in [0, 0.1) is 5.92 Å². The molecule has 0 spiro atoms. The van der Waals surface area contributed by atoms with E-state index in [4.69, 9.17) is 4.74 Å². The van der Waals surface area contributed by atoms with Crippen molar-refractivity contribution in [2.75, 3.05) is 6.61 Å². The zero-order chi connectivity index (χ0) is 27.1. The van der Waals surface area contributed by atoms with E-state index in [1.165, 1.54) is 6.92 Å². The Morgan fingerprint density at radius 3 is 1.95 bits per heavy atom. The minimum Gasteiger partial charge on any atom is -0.449 e. The lowest BCUT2D eigenvalue weighted by Crippen LogP contribution is -2.55. The SMILES string of the molecule is CC(=O)N[C@@H](CC(C)C)NC(=O)[C@H](Cc1ccccc1)NC(=O)OCC1c2ccccc2-c2ccccc21. The van der Waals surface area contributed by atoms with Crippen molar-refractivity contribution in [3.8, 4) is 11.1 Å². The van der Waals surface area contributed by atoms with Gasteiger partial charge in [-0.2, -0.15) is 0 Å². The van der Waals surface area contributed by atoms with Crippen molar-refractivity contribution in [2.24, 2.45) is 5.92 Å². The third kappa shape index (κ3) is 6.79. The predicted molar refractivity (Wildman–Crippen MR) is 147 cm³/mol. The summed E-state index contributed by atoms with van der Waals surface area (Å²) in [6.45, 7) is 5.59. The average Bonchev–Trinajstić information content (AvgIpc) is 3.20. The first kappa shape index (κ1) is 26.9. The highest BCUT2D eigenvalue weighted by molar-refractivity contribution is 5.86. The Bertz CT molecular complexity index is 1230. The van der Waals surface area contributed by atoms with E-state index < -0.39 is 18.3 Å². The maximum absolute atomic E-state index is 13.3. The van der Waals surface area contributed by atoms with Crippen LogP contribution in [-0.4, -0.2) is 36.7 Å². The highest BCUT2D eigenvalue weighted by Gasteiger charge is 2.30. The van der Waals surface area contributed by atoms with Crippen LogP contribution in [0.25, 0.3) is 11.1 Å². The molecule has 0 unspecified atom stereocenters. The lowest BCUT2D eigenvalue weighted by atomic mass is 9.98. The molecule has 0 radical (unpaired) electrons. The molecule has 0 bridgehead atoms. The fourth-order valence-electron chi connectivity index (χ4n) is 4.98. The molecule has 0 aromatic heterocycles. The first-order chi connectivity index (χ1) is 18.3. The summed E-state index contributed by atoms with van der Waals surface area (Å²) in [5.74, 6) is -0.457. The van der Waals surface area contributed by atoms with Gasteiger partial charge in [0.1, 0.15) is 18.8 Å². The van der Waals surface area contributed by atoms with Gasteiger partial charge < -0.3 is 20.7 Å². The molecule has 3 aromatic rings. The van der Waals surface area contributed by atoms with Crippen LogP contribution in [0.5, 0.6) is 0 Å². The molecule has 3 amide bonds. The van der Waals surface area contributed by atoms with Crippen LogP contribution in [0.3, 0.4) is 0 Å². The number of hydrogen-bond donors (Lipinski definition) is 3. The topological polar surface area (TPSA) is 96.5 Å². The zero-order valence-electron chi connectivity index (χ0n) is 22.1. The molecule has 0 saturated carbocycles. The zero-order valence-corrected chi connectivity index (χ0v) is 22.1. The maximum atomic E-state index is 13.3. The molecule has 0 saturated heterocycles.